The van der Waals surface area contributed by atoms with Crippen molar-refractivity contribution in [2.75, 3.05) is 6.54 Å². The van der Waals surface area contributed by atoms with Crippen molar-refractivity contribution in [3.05, 3.63) is 34.9 Å². The highest BCUT2D eigenvalue weighted by Gasteiger charge is 2.40. The number of amidine groups is 1. The molecule has 0 aliphatic heterocycles. The molecule has 0 amide bonds. The van der Waals surface area contributed by atoms with E-state index in [0.29, 0.717) is 0 Å². The van der Waals surface area contributed by atoms with Gasteiger partial charge >= 0.3 is 0 Å². The summed E-state index contributed by atoms with van der Waals surface area (Å²) in [6.07, 6.45) is 5.76. The van der Waals surface area contributed by atoms with Crippen molar-refractivity contribution < 1.29 is 5.21 Å². The lowest BCUT2D eigenvalue weighted by Gasteiger charge is -2.17. The normalized spacial score (nSPS) is 19.2. The fourth-order valence-corrected chi connectivity index (χ4v) is 3.25. The van der Waals surface area contributed by atoms with Gasteiger partial charge in [0.2, 0.25) is 0 Å². The van der Waals surface area contributed by atoms with Gasteiger partial charge in [-0.2, -0.15) is 0 Å². The highest BCUT2D eigenvalue weighted by molar-refractivity contribution is 5.97. The molecule has 0 saturated heterocycles. The van der Waals surface area contributed by atoms with Crippen molar-refractivity contribution in [2.24, 2.45) is 28.6 Å². The summed E-state index contributed by atoms with van der Waals surface area (Å²) in [7, 11) is 0. The van der Waals surface area contributed by atoms with E-state index in [1.165, 1.54) is 36.8 Å². The molecule has 2 aliphatic rings. The lowest BCUT2D eigenvalue weighted by atomic mass is 9.97. The molecule has 0 heterocycles. The summed E-state index contributed by atoms with van der Waals surface area (Å²) in [5, 5.41) is 15.4. The van der Waals surface area contributed by atoms with Crippen LogP contribution in [0, 0.1) is 24.7 Å². The first-order valence-corrected chi connectivity index (χ1v) is 7.97. The summed E-state index contributed by atoms with van der Waals surface area (Å²) in [5.41, 5.74) is 8.86. The smallest absolute Gasteiger partial charge is 0.170 e. The molecule has 3 rings (SSSR count). The summed E-state index contributed by atoms with van der Waals surface area (Å²) in [6, 6.07) is 5.96. The molecule has 2 aliphatic carbocycles. The number of oxime groups is 1. The molecule has 1 aromatic carbocycles. The first-order chi connectivity index (χ1) is 10.2. The average Bonchev–Trinajstić information content (AvgIpc) is 3.37. The Morgan fingerprint density at radius 3 is 2.52 bits per heavy atom. The van der Waals surface area contributed by atoms with Gasteiger partial charge in [0.1, 0.15) is 0 Å². The highest BCUT2D eigenvalue weighted by Crippen LogP contribution is 2.48. The Labute approximate surface area is 126 Å². The van der Waals surface area contributed by atoms with E-state index in [1.807, 2.05) is 12.1 Å². The van der Waals surface area contributed by atoms with Crippen LogP contribution in [0.3, 0.4) is 0 Å². The number of nitrogens with two attached hydrogens (primary N) is 1. The summed E-state index contributed by atoms with van der Waals surface area (Å²) in [5.74, 6) is 3.06. The Morgan fingerprint density at radius 2 is 2.00 bits per heavy atom. The fraction of sp³-hybridized carbons (Fsp3) is 0.588. The SMILES string of the molecule is Cc1cc(/C(N)=N/O)ccc1CNCC(C1CC1)C1CC1. The summed E-state index contributed by atoms with van der Waals surface area (Å²) >= 11 is 0. The topological polar surface area (TPSA) is 70.6 Å². The molecule has 0 atom stereocenters. The summed E-state index contributed by atoms with van der Waals surface area (Å²) in [4.78, 5) is 0. The third kappa shape index (κ3) is 3.56. The van der Waals surface area contributed by atoms with Gasteiger partial charge in [-0.25, -0.2) is 0 Å². The second-order valence-corrected chi connectivity index (χ2v) is 6.60. The van der Waals surface area contributed by atoms with E-state index in [9.17, 15) is 0 Å². The maximum absolute atomic E-state index is 8.72. The molecule has 0 radical (unpaired) electrons. The van der Waals surface area contributed by atoms with Crippen LogP contribution in [0.1, 0.15) is 42.4 Å². The lowest BCUT2D eigenvalue weighted by molar-refractivity contribution is 0.318. The van der Waals surface area contributed by atoms with Gasteiger partial charge in [0.05, 0.1) is 0 Å². The fourth-order valence-electron chi connectivity index (χ4n) is 3.25. The third-order valence-electron chi connectivity index (χ3n) is 4.90. The molecular weight excluding hydrogens is 262 g/mol. The third-order valence-corrected chi connectivity index (χ3v) is 4.90. The van der Waals surface area contributed by atoms with Crippen LogP contribution in [-0.2, 0) is 6.54 Å². The second kappa shape index (κ2) is 6.06. The van der Waals surface area contributed by atoms with Crippen LogP contribution in [0.4, 0.5) is 0 Å². The van der Waals surface area contributed by atoms with Crippen LogP contribution in [0.2, 0.25) is 0 Å². The van der Waals surface area contributed by atoms with Crippen molar-refractivity contribution in [3.8, 4) is 0 Å². The molecule has 4 nitrogen and oxygen atoms in total. The molecule has 4 N–H and O–H groups in total. The van der Waals surface area contributed by atoms with E-state index >= 15 is 0 Å². The molecule has 1 aromatic rings. The van der Waals surface area contributed by atoms with Gasteiger partial charge in [0.15, 0.2) is 5.84 Å². The van der Waals surface area contributed by atoms with E-state index in [-0.39, 0.29) is 5.84 Å². The molecule has 0 aromatic heterocycles. The second-order valence-electron chi connectivity index (χ2n) is 6.60. The van der Waals surface area contributed by atoms with Crippen LogP contribution in [0.15, 0.2) is 23.4 Å². The number of hydrogen-bond donors (Lipinski definition) is 3. The molecule has 0 unspecified atom stereocenters. The Bertz CT molecular complexity index is 521. The van der Waals surface area contributed by atoms with E-state index in [2.05, 4.69) is 23.5 Å². The van der Waals surface area contributed by atoms with Crippen LogP contribution in [-0.4, -0.2) is 17.6 Å². The van der Waals surface area contributed by atoms with Crippen molar-refractivity contribution in [3.63, 3.8) is 0 Å². The zero-order chi connectivity index (χ0) is 14.8. The molecular formula is C17H25N3O. The first kappa shape index (κ1) is 14.4. The Hall–Kier alpha value is -1.55. The van der Waals surface area contributed by atoms with E-state index in [1.54, 1.807) is 0 Å². The summed E-state index contributed by atoms with van der Waals surface area (Å²) in [6.45, 7) is 4.12. The highest BCUT2D eigenvalue weighted by atomic mass is 16.4. The number of hydrogen-bond acceptors (Lipinski definition) is 3. The number of aryl methyl sites for hydroxylation is 1. The molecule has 2 saturated carbocycles. The Morgan fingerprint density at radius 1 is 1.33 bits per heavy atom. The van der Waals surface area contributed by atoms with Gasteiger partial charge in [-0.3, -0.25) is 0 Å². The van der Waals surface area contributed by atoms with Crippen molar-refractivity contribution in [1.29, 1.82) is 0 Å². The van der Waals surface area contributed by atoms with Crippen molar-refractivity contribution >= 4 is 5.84 Å². The zero-order valence-electron chi connectivity index (χ0n) is 12.7. The number of benzene rings is 1. The van der Waals surface area contributed by atoms with Crippen LogP contribution in [0.5, 0.6) is 0 Å². The molecule has 0 bridgehead atoms. The minimum absolute atomic E-state index is 0.167. The first-order valence-electron chi connectivity index (χ1n) is 7.97. The maximum Gasteiger partial charge on any atom is 0.170 e. The van der Waals surface area contributed by atoms with Crippen LogP contribution in [0.25, 0.3) is 0 Å². The number of rotatable bonds is 7. The number of nitrogens with zero attached hydrogens (tertiary/aromatic N) is 1. The minimum atomic E-state index is 0.167. The lowest BCUT2D eigenvalue weighted by Crippen LogP contribution is -2.25. The van der Waals surface area contributed by atoms with Crippen LogP contribution >= 0.6 is 0 Å². The van der Waals surface area contributed by atoms with Gasteiger partial charge in [-0.15, -0.1) is 0 Å². The minimum Gasteiger partial charge on any atom is -0.409 e. The Balaban J connectivity index is 1.55. The Kier molecular flexibility index (Phi) is 4.15. The van der Waals surface area contributed by atoms with E-state index < -0.39 is 0 Å². The standard InChI is InChI=1S/C17H25N3O/c1-11-8-14(17(18)20-21)6-7-15(11)9-19-10-16(12-2-3-12)13-4-5-13/h6-8,12-13,16,19,21H,2-5,9-10H2,1H3,(H2,18,20). The largest absolute Gasteiger partial charge is 0.409 e. The predicted octanol–water partition coefficient (Wildman–Crippen LogP) is 2.62. The van der Waals surface area contributed by atoms with Gasteiger partial charge < -0.3 is 16.3 Å². The molecule has 21 heavy (non-hydrogen) atoms. The van der Waals surface area contributed by atoms with Gasteiger partial charge in [0.25, 0.3) is 0 Å². The molecule has 4 heteroatoms. The average molecular weight is 287 g/mol. The van der Waals surface area contributed by atoms with Crippen molar-refractivity contribution in [2.45, 2.75) is 39.2 Å². The van der Waals surface area contributed by atoms with E-state index in [4.69, 9.17) is 10.9 Å². The maximum atomic E-state index is 8.72. The monoisotopic (exact) mass is 287 g/mol. The number of nitrogens with one attached hydrogen (secondary N) is 1. The predicted molar refractivity (Wildman–Crippen MR) is 84.3 cm³/mol. The quantitative estimate of drug-likeness (QED) is 0.312. The molecule has 2 fully saturated rings. The zero-order valence-corrected chi connectivity index (χ0v) is 12.7. The van der Waals surface area contributed by atoms with Gasteiger partial charge in [-0.1, -0.05) is 17.3 Å². The van der Waals surface area contributed by atoms with Crippen molar-refractivity contribution in [1.82, 2.24) is 5.32 Å². The molecule has 114 valence electrons. The van der Waals surface area contributed by atoms with Gasteiger partial charge in [0, 0.05) is 12.1 Å². The summed E-state index contributed by atoms with van der Waals surface area (Å²) < 4.78 is 0. The van der Waals surface area contributed by atoms with E-state index in [0.717, 1.165) is 36.4 Å². The van der Waals surface area contributed by atoms with Gasteiger partial charge in [-0.05, 0) is 74.1 Å². The molecule has 0 spiro atoms. The van der Waals surface area contributed by atoms with Crippen LogP contribution < -0.4 is 11.1 Å².